The molecule has 0 N–H and O–H groups in total. The number of carbonyl (C=O) groups is 1. The molecule has 2 aromatic rings. The van der Waals surface area contributed by atoms with Crippen molar-refractivity contribution in [3.8, 4) is 6.07 Å². The molecule has 0 radical (unpaired) electrons. The molecule has 5 heteroatoms. The van der Waals surface area contributed by atoms with Crippen molar-refractivity contribution in [1.82, 2.24) is 0 Å². The molecule has 0 saturated heterocycles. The Labute approximate surface area is 162 Å². The summed E-state index contributed by atoms with van der Waals surface area (Å²) >= 11 is 1.68. The molecule has 0 bridgehead atoms. The molecule has 0 aromatic heterocycles. The fraction of sp³-hybridized carbons (Fsp3) is 0.0909. The number of fused-ring (bicyclic) bond motifs is 1. The molecule has 27 heavy (non-hydrogen) atoms. The molecule has 4 nitrogen and oxygen atoms in total. The highest BCUT2D eigenvalue weighted by molar-refractivity contribution is 8.03. The first-order valence-corrected chi connectivity index (χ1v) is 9.43. The van der Waals surface area contributed by atoms with Crippen LogP contribution in [0.25, 0.3) is 5.57 Å². The van der Waals surface area contributed by atoms with E-state index >= 15 is 0 Å². The number of rotatable bonds is 3. The van der Waals surface area contributed by atoms with Gasteiger partial charge in [-0.3, -0.25) is 0 Å². The van der Waals surface area contributed by atoms with E-state index in [1.54, 1.807) is 17.8 Å². The Morgan fingerprint density at radius 1 is 1.11 bits per heavy atom. The minimum Gasteiger partial charge on any atom is -0.422 e. The largest absolute Gasteiger partial charge is 0.422 e. The van der Waals surface area contributed by atoms with Crippen molar-refractivity contribution in [1.29, 1.82) is 5.26 Å². The van der Waals surface area contributed by atoms with Gasteiger partial charge in [0.2, 0.25) is 0 Å². The second-order valence-electron chi connectivity index (χ2n) is 5.97. The van der Waals surface area contributed by atoms with Crippen LogP contribution < -0.4 is 4.90 Å². The van der Waals surface area contributed by atoms with Crippen molar-refractivity contribution in [2.45, 2.75) is 11.8 Å². The lowest BCUT2D eigenvalue weighted by atomic mass is 10.0. The molecule has 0 saturated carbocycles. The van der Waals surface area contributed by atoms with Gasteiger partial charge in [0.05, 0.1) is 10.7 Å². The molecule has 4 rings (SSSR count). The lowest BCUT2D eigenvalue weighted by molar-refractivity contribution is -0.132. The number of hydrogen-bond acceptors (Lipinski definition) is 5. The van der Waals surface area contributed by atoms with Crippen LogP contribution in [0.3, 0.4) is 0 Å². The van der Waals surface area contributed by atoms with E-state index in [9.17, 15) is 10.1 Å². The molecule has 2 heterocycles. The zero-order chi connectivity index (χ0) is 18.8. The lowest BCUT2D eigenvalue weighted by Crippen LogP contribution is -2.16. The molecule has 2 aliphatic heterocycles. The minimum atomic E-state index is -0.601. The number of anilines is 1. The smallest absolute Gasteiger partial charge is 0.355 e. The summed E-state index contributed by atoms with van der Waals surface area (Å²) in [7, 11) is 0. The molecule has 0 spiro atoms. The maximum Gasteiger partial charge on any atom is 0.355 e. The topological polar surface area (TPSA) is 53.3 Å². The predicted molar refractivity (Wildman–Crippen MR) is 107 cm³/mol. The number of ether oxygens (including phenoxy) is 1. The Bertz CT molecular complexity index is 1050. The van der Waals surface area contributed by atoms with Gasteiger partial charge < -0.3 is 9.64 Å². The van der Waals surface area contributed by atoms with Gasteiger partial charge in [-0.25, -0.2) is 4.79 Å². The number of thioether (sulfide) groups is 1. The highest BCUT2D eigenvalue weighted by atomic mass is 32.2. The van der Waals surface area contributed by atoms with Gasteiger partial charge in [0, 0.05) is 17.0 Å². The van der Waals surface area contributed by atoms with Crippen molar-refractivity contribution >= 4 is 29.0 Å². The van der Waals surface area contributed by atoms with E-state index in [1.165, 1.54) is 10.6 Å². The maximum atomic E-state index is 12.1. The Morgan fingerprint density at radius 2 is 1.85 bits per heavy atom. The van der Waals surface area contributed by atoms with Crippen LogP contribution in [-0.4, -0.2) is 12.5 Å². The van der Waals surface area contributed by atoms with Crippen LogP contribution in [0.1, 0.15) is 12.5 Å². The third-order valence-corrected chi connectivity index (χ3v) is 5.54. The fourth-order valence-electron chi connectivity index (χ4n) is 3.19. The quantitative estimate of drug-likeness (QED) is 0.719. The SMILES string of the molecule is CCN1/C(=C\C=C2\OC(=O)C(C#N)=C2c2ccccc2)Sc2ccccc21. The number of nitriles is 1. The van der Waals surface area contributed by atoms with Gasteiger partial charge in [-0.1, -0.05) is 54.2 Å². The van der Waals surface area contributed by atoms with Crippen LogP contribution in [0.5, 0.6) is 0 Å². The number of allylic oxidation sites excluding steroid dienone is 3. The van der Waals surface area contributed by atoms with E-state index in [4.69, 9.17) is 4.74 Å². The Kier molecular flexibility index (Phi) is 4.57. The third kappa shape index (κ3) is 3.05. The molecule has 2 aliphatic rings. The zero-order valence-electron chi connectivity index (χ0n) is 14.7. The van der Waals surface area contributed by atoms with Crippen LogP contribution in [-0.2, 0) is 9.53 Å². The third-order valence-electron chi connectivity index (χ3n) is 4.41. The van der Waals surface area contributed by atoms with Crippen LogP contribution in [0.2, 0.25) is 0 Å². The first kappa shape index (κ1) is 17.2. The summed E-state index contributed by atoms with van der Waals surface area (Å²) < 4.78 is 5.39. The summed E-state index contributed by atoms with van der Waals surface area (Å²) in [6, 6.07) is 19.6. The summed E-state index contributed by atoms with van der Waals surface area (Å²) in [5.41, 5.74) is 2.55. The first-order chi connectivity index (χ1) is 13.2. The average Bonchev–Trinajstić information content (AvgIpc) is 3.23. The number of benzene rings is 2. The van der Waals surface area contributed by atoms with Crippen molar-refractivity contribution in [3.63, 3.8) is 0 Å². The normalized spacial score (nSPS) is 18.8. The fourth-order valence-corrected chi connectivity index (χ4v) is 4.32. The van der Waals surface area contributed by atoms with E-state index in [-0.39, 0.29) is 5.57 Å². The summed E-state index contributed by atoms with van der Waals surface area (Å²) in [5.74, 6) is -0.196. The number of esters is 1. The molecule has 0 aliphatic carbocycles. The number of hydrogen-bond donors (Lipinski definition) is 0. The van der Waals surface area contributed by atoms with Crippen molar-refractivity contribution in [3.05, 3.63) is 88.7 Å². The highest BCUT2D eigenvalue weighted by Gasteiger charge is 2.31. The van der Waals surface area contributed by atoms with E-state index in [0.29, 0.717) is 11.3 Å². The van der Waals surface area contributed by atoms with E-state index in [0.717, 1.165) is 17.1 Å². The molecular weight excluding hydrogens is 356 g/mol. The molecule has 2 aromatic carbocycles. The average molecular weight is 372 g/mol. The number of para-hydroxylation sites is 1. The van der Waals surface area contributed by atoms with E-state index < -0.39 is 5.97 Å². The summed E-state index contributed by atoms with van der Waals surface area (Å²) in [5, 5.41) is 10.5. The zero-order valence-corrected chi connectivity index (χ0v) is 15.5. The summed E-state index contributed by atoms with van der Waals surface area (Å²) in [4.78, 5) is 15.5. The van der Waals surface area contributed by atoms with Gasteiger partial charge in [0.25, 0.3) is 0 Å². The summed E-state index contributed by atoms with van der Waals surface area (Å²) in [6.07, 6.45) is 3.72. The second-order valence-corrected chi connectivity index (χ2v) is 7.03. The maximum absolute atomic E-state index is 12.1. The van der Waals surface area contributed by atoms with Crippen molar-refractivity contribution in [2.75, 3.05) is 11.4 Å². The van der Waals surface area contributed by atoms with Gasteiger partial charge in [-0.15, -0.1) is 0 Å². The van der Waals surface area contributed by atoms with E-state index in [2.05, 4.69) is 24.0 Å². The molecular formula is C22H16N2O2S. The predicted octanol–water partition coefficient (Wildman–Crippen LogP) is 4.88. The Hall–Kier alpha value is -3.23. The number of carbonyl (C=O) groups excluding carboxylic acids is 1. The van der Waals surface area contributed by atoms with Crippen LogP contribution in [0.4, 0.5) is 5.69 Å². The van der Waals surface area contributed by atoms with Crippen molar-refractivity contribution in [2.24, 2.45) is 0 Å². The monoisotopic (exact) mass is 372 g/mol. The van der Waals surface area contributed by atoms with Gasteiger partial charge in [-0.2, -0.15) is 5.26 Å². The van der Waals surface area contributed by atoms with Gasteiger partial charge in [0.15, 0.2) is 0 Å². The molecule has 132 valence electrons. The molecule has 0 atom stereocenters. The van der Waals surface area contributed by atoms with Gasteiger partial charge in [0.1, 0.15) is 17.4 Å². The van der Waals surface area contributed by atoms with E-state index in [1.807, 2.05) is 54.6 Å². The standard InChI is InChI=1S/C22H16N2O2S/c1-2-24-17-10-6-7-11-19(17)27-20(24)13-12-18-21(15-8-4-3-5-9-15)16(14-23)22(25)26-18/h3-13H,2H2,1H3/b18-12+,20-13+. The van der Waals surface area contributed by atoms with Crippen molar-refractivity contribution < 1.29 is 9.53 Å². The Balaban J connectivity index is 1.74. The number of nitrogens with zero attached hydrogens (tertiary/aromatic N) is 2. The summed E-state index contributed by atoms with van der Waals surface area (Å²) in [6.45, 7) is 2.94. The van der Waals surface area contributed by atoms with Crippen LogP contribution in [0.15, 0.2) is 88.0 Å². The van der Waals surface area contributed by atoms with Crippen LogP contribution >= 0.6 is 11.8 Å². The molecule has 0 amide bonds. The minimum absolute atomic E-state index is 0.0422. The Morgan fingerprint density at radius 3 is 2.59 bits per heavy atom. The molecule has 0 unspecified atom stereocenters. The highest BCUT2D eigenvalue weighted by Crippen LogP contribution is 2.45. The lowest BCUT2D eigenvalue weighted by Gasteiger charge is -2.17. The van der Waals surface area contributed by atoms with Gasteiger partial charge in [-0.05, 0) is 36.8 Å². The molecule has 0 fully saturated rings. The second kappa shape index (κ2) is 7.18. The van der Waals surface area contributed by atoms with Crippen LogP contribution in [0, 0.1) is 11.3 Å². The number of cyclic esters (lactones) is 1. The first-order valence-electron chi connectivity index (χ1n) is 8.61. The van der Waals surface area contributed by atoms with Gasteiger partial charge >= 0.3 is 5.97 Å².